The molecule has 1 aromatic heterocycles. The number of ketones is 1. The third-order valence-electron chi connectivity index (χ3n) is 7.94. The molecule has 1 aromatic rings. The quantitative estimate of drug-likeness (QED) is 0.769. The molecule has 0 aromatic carbocycles. The van der Waals surface area contributed by atoms with Gasteiger partial charge in [-0.25, -0.2) is 9.97 Å². The van der Waals surface area contributed by atoms with Gasteiger partial charge < -0.3 is 10.0 Å². The summed E-state index contributed by atoms with van der Waals surface area (Å²) in [6.45, 7) is 9.16. The van der Waals surface area contributed by atoms with Gasteiger partial charge in [0.25, 0.3) is 0 Å². The summed E-state index contributed by atoms with van der Waals surface area (Å²) in [6.07, 6.45) is 11.6. The summed E-state index contributed by atoms with van der Waals surface area (Å²) < 4.78 is 0. The zero-order valence-corrected chi connectivity index (χ0v) is 18.9. The van der Waals surface area contributed by atoms with Gasteiger partial charge in [-0.3, -0.25) is 9.69 Å². The molecule has 2 saturated carbocycles. The largest absolute Gasteiger partial charge is 0.395 e. The molecule has 1 saturated heterocycles. The molecular weight excluding hydrogens is 376 g/mol. The van der Waals surface area contributed by atoms with Gasteiger partial charge in [0, 0.05) is 43.9 Å². The number of aromatic nitrogens is 2. The first kappa shape index (κ1) is 21.7. The number of carbonyl (C=O) groups is 1. The average molecular weight is 415 g/mol. The second-order valence-corrected chi connectivity index (χ2v) is 10.1. The Morgan fingerprint density at radius 2 is 1.87 bits per heavy atom. The maximum absolute atomic E-state index is 12.0. The topological polar surface area (TPSA) is 69.6 Å². The highest BCUT2D eigenvalue weighted by Gasteiger charge is 2.50. The number of Topliss-reactive ketones (excluding diaryl/α,β-unsaturated/α-hetero) is 1. The number of piperazine rings is 1. The van der Waals surface area contributed by atoms with E-state index in [-0.39, 0.29) is 12.6 Å². The predicted molar refractivity (Wildman–Crippen MR) is 119 cm³/mol. The zero-order valence-electron chi connectivity index (χ0n) is 18.9. The number of hydrogen-bond donors (Lipinski definition) is 1. The fourth-order valence-corrected chi connectivity index (χ4v) is 5.96. The molecule has 1 N–H and O–H groups in total. The minimum atomic E-state index is 0.170. The van der Waals surface area contributed by atoms with Crippen molar-refractivity contribution < 1.29 is 9.90 Å². The van der Waals surface area contributed by atoms with Crippen LogP contribution in [0.4, 0.5) is 5.69 Å². The van der Waals surface area contributed by atoms with Crippen molar-refractivity contribution in [1.29, 1.82) is 0 Å². The van der Waals surface area contributed by atoms with Crippen LogP contribution in [-0.4, -0.2) is 64.1 Å². The SMILES string of the molecule is CCC(=O)C1CCC2(CC1)CC(N1CCN(c3cnc(C(C)C)nc3)C[C@H]1CO)C2. The molecule has 0 unspecified atom stereocenters. The lowest BCUT2D eigenvalue weighted by molar-refractivity contribution is -0.126. The van der Waals surface area contributed by atoms with E-state index < -0.39 is 0 Å². The van der Waals surface area contributed by atoms with Gasteiger partial charge in [0.1, 0.15) is 11.6 Å². The fourth-order valence-electron chi connectivity index (χ4n) is 5.96. The van der Waals surface area contributed by atoms with Gasteiger partial charge in [-0.1, -0.05) is 20.8 Å². The van der Waals surface area contributed by atoms with Crippen LogP contribution in [0.15, 0.2) is 12.4 Å². The fraction of sp³-hybridized carbons (Fsp3) is 0.792. The van der Waals surface area contributed by atoms with Gasteiger partial charge in [0.2, 0.25) is 0 Å². The summed E-state index contributed by atoms with van der Waals surface area (Å²) in [6, 6.07) is 0.756. The summed E-state index contributed by atoms with van der Waals surface area (Å²) in [7, 11) is 0. The first-order valence-corrected chi connectivity index (χ1v) is 11.9. The lowest BCUT2D eigenvalue weighted by atomic mass is 9.56. The van der Waals surface area contributed by atoms with E-state index in [9.17, 15) is 9.90 Å². The molecule has 1 aliphatic heterocycles. The summed E-state index contributed by atoms with van der Waals surface area (Å²) in [5, 5.41) is 10.1. The summed E-state index contributed by atoms with van der Waals surface area (Å²) in [5.74, 6) is 1.99. The number of nitrogens with zero attached hydrogens (tertiary/aromatic N) is 4. The smallest absolute Gasteiger partial charge is 0.135 e. The van der Waals surface area contributed by atoms with Crippen molar-refractivity contribution in [2.75, 3.05) is 31.1 Å². The lowest BCUT2D eigenvalue weighted by Crippen LogP contribution is -2.63. The number of rotatable bonds is 6. The third kappa shape index (κ3) is 4.26. The van der Waals surface area contributed by atoms with Crippen LogP contribution in [-0.2, 0) is 4.79 Å². The zero-order chi connectivity index (χ0) is 21.3. The van der Waals surface area contributed by atoms with Crippen molar-refractivity contribution >= 4 is 11.5 Å². The van der Waals surface area contributed by atoms with Gasteiger partial charge in [-0.05, 0) is 43.9 Å². The minimum absolute atomic E-state index is 0.170. The Kier molecular flexibility index (Phi) is 6.44. The molecule has 4 rings (SSSR count). The number of hydrogen-bond acceptors (Lipinski definition) is 6. The molecule has 30 heavy (non-hydrogen) atoms. The van der Waals surface area contributed by atoms with Crippen molar-refractivity contribution in [3.8, 4) is 0 Å². The highest BCUT2D eigenvalue weighted by molar-refractivity contribution is 5.80. The van der Waals surface area contributed by atoms with E-state index in [4.69, 9.17) is 0 Å². The normalized spacial score (nSPS) is 32.4. The van der Waals surface area contributed by atoms with E-state index in [0.29, 0.717) is 35.5 Å². The number of anilines is 1. The Bertz CT molecular complexity index is 719. The van der Waals surface area contributed by atoms with E-state index in [2.05, 4.69) is 33.6 Å². The maximum Gasteiger partial charge on any atom is 0.135 e. The second kappa shape index (κ2) is 8.91. The molecule has 1 spiro atoms. The standard InChI is InChI=1S/C24H38N4O2/c1-4-22(30)18-5-7-24(8-6-18)11-19(12-24)28-10-9-27(15-21(28)16-29)20-13-25-23(17(2)3)26-14-20/h13-14,17-19,21,29H,4-12,15-16H2,1-3H3/t18?,19?,21-,24?/m0/s1. The van der Waals surface area contributed by atoms with Gasteiger partial charge in [-0.2, -0.15) is 0 Å². The van der Waals surface area contributed by atoms with Gasteiger partial charge in [0.15, 0.2) is 0 Å². The van der Waals surface area contributed by atoms with Crippen LogP contribution < -0.4 is 4.90 Å². The molecule has 0 bridgehead atoms. The summed E-state index contributed by atoms with van der Waals surface area (Å²) >= 11 is 0. The molecule has 3 aliphatic rings. The first-order valence-electron chi connectivity index (χ1n) is 11.9. The van der Waals surface area contributed by atoms with E-state index in [0.717, 1.165) is 44.0 Å². The molecular formula is C24H38N4O2. The second-order valence-electron chi connectivity index (χ2n) is 10.1. The van der Waals surface area contributed by atoms with Crippen molar-refractivity contribution in [2.45, 2.75) is 83.7 Å². The molecule has 2 aliphatic carbocycles. The third-order valence-corrected chi connectivity index (χ3v) is 7.94. The number of carbonyl (C=O) groups excluding carboxylic acids is 1. The van der Waals surface area contributed by atoms with Crippen LogP contribution in [0.5, 0.6) is 0 Å². The molecule has 0 radical (unpaired) electrons. The Morgan fingerprint density at radius 3 is 2.43 bits per heavy atom. The van der Waals surface area contributed by atoms with Gasteiger partial charge in [-0.15, -0.1) is 0 Å². The Morgan fingerprint density at radius 1 is 1.20 bits per heavy atom. The molecule has 6 heteroatoms. The average Bonchev–Trinajstić information content (AvgIpc) is 2.76. The molecule has 166 valence electrons. The highest BCUT2D eigenvalue weighted by atomic mass is 16.3. The monoisotopic (exact) mass is 414 g/mol. The Balaban J connectivity index is 1.31. The number of aliphatic hydroxyl groups is 1. The minimum Gasteiger partial charge on any atom is -0.395 e. The van der Waals surface area contributed by atoms with Crippen LogP contribution in [0.25, 0.3) is 0 Å². The van der Waals surface area contributed by atoms with Crippen LogP contribution in [0, 0.1) is 11.3 Å². The molecule has 1 atom stereocenters. The van der Waals surface area contributed by atoms with Crippen molar-refractivity contribution in [2.24, 2.45) is 11.3 Å². The number of aliphatic hydroxyl groups excluding tert-OH is 1. The van der Waals surface area contributed by atoms with Crippen molar-refractivity contribution in [3.63, 3.8) is 0 Å². The van der Waals surface area contributed by atoms with Gasteiger partial charge in [0.05, 0.1) is 30.7 Å². The van der Waals surface area contributed by atoms with Crippen LogP contribution >= 0.6 is 0 Å². The summed E-state index contributed by atoms with van der Waals surface area (Å²) in [5.41, 5.74) is 1.52. The molecule has 3 fully saturated rings. The highest BCUT2D eigenvalue weighted by Crippen LogP contribution is 2.55. The molecule has 0 amide bonds. The Labute approximate surface area is 181 Å². The van der Waals surface area contributed by atoms with E-state index in [1.807, 2.05) is 19.3 Å². The molecule has 2 heterocycles. The lowest BCUT2D eigenvalue weighted by Gasteiger charge is -2.57. The predicted octanol–water partition coefficient (Wildman–Crippen LogP) is 3.40. The van der Waals surface area contributed by atoms with Gasteiger partial charge >= 0.3 is 0 Å². The van der Waals surface area contributed by atoms with E-state index >= 15 is 0 Å². The van der Waals surface area contributed by atoms with Crippen LogP contribution in [0.2, 0.25) is 0 Å². The summed E-state index contributed by atoms with van der Waals surface area (Å²) in [4.78, 5) is 25.9. The van der Waals surface area contributed by atoms with Crippen LogP contribution in [0.3, 0.4) is 0 Å². The van der Waals surface area contributed by atoms with Crippen molar-refractivity contribution in [3.05, 3.63) is 18.2 Å². The van der Waals surface area contributed by atoms with E-state index in [1.54, 1.807) is 0 Å². The van der Waals surface area contributed by atoms with Crippen molar-refractivity contribution in [1.82, 2.24) is 14.9 Å². The van der Waals surface area contributed by atoms with Crippen LogP contribution in [0.1, 0.15) is 77.5 Å². The maximum atomic E-state index is 12.0. The molecule has 6 nitrogen and oxygen atoms in total. The first-order chi connectivity index (χ1) is 14.4. The Hall–Kier alpha value is -1.53. The van der Waals surface area contributed by atoms with E-state index in [1.165, 1.54) is 25.7 Å².